The molecule has 8 nitrogen and oxygen atoms in total. The first-order valence-corrected chi connectivity index (χ1v) is 15.3. The highest BCUT2D eigenvalue weighted by Crippen LogP contribution is 2.41. The van der Waals surface area contributed by atoms with Crippen molar-refractivity contribution >= 4 is 16.6 Å². The van der Waals surface area contributed by atoms with E-state index in [4.69, 9.17) is 4.74 Å². The molecule has 1 unspecified atom stereocenters. The second-order valence-electron chi connectivity index (χ2n) is 12.3. The Morgan fingerprint density at radius 2 is 1.93 bits per heavy atom. The van der Waals surface area contributed by atoms with Gasteiger partial charge in [0.15, 0.2) is 0 Å². The average Bonchev–Trinajstić information content (AvgIpc) is 3.43. The van der Waals surface area contributed by atoms with E-state index in [9.17, 15) is 5.26 Å². The molecule has 3 aromatic carbocycles. The van der Waals surface area contributed by atoms with Gasteiger partial charge in [-0.1, -0.05) is 12.1 Å². The molecule has 0 amide bonds. The minimum Gasteiger partial charge on any atom is -0.489 e. The van der Waals surface area contributed by atoms with E-state index in [0.29, 0.717) is 41.9 Å². The Morgan fingerprint density at radius 1 is 1.09 bits per heavy atom. The molecule has 7 rings (SSSR count). The summed E-state index contributed by atoms with van der Waals surface area (Å²) in [7, 11) is 4.05. The van der Waals surface area contributed by atoms with Crippen LogP contribution in [0.15, 0.2) is 42.5 Å². The van der Waals surface area contributed by atoms with Crippen LogP contribution in [-0.2, 0) is 6.54 Å². The molecular formula is C34H38FN7O. The number of fused-ring (bicyclic) bond motifs is 4. The van der Waals surface area contributed by atoms with Crippen LogP contribution in [0.5, 0.6) is 5.75 Å². The van der Waals surface area contributed by atoms with E-state index >= 15 is 4.39 Å². The zero-order valence-electron chi connectivity index (χ0n) is 25.1. The van der Waals surface area contributed by atoms with Crippen molar-refractivity contribution in [2.24, 2.45) is 0 Å². The number of halogens is 1. The van der Waals surface area contributed by atoms with Gasteiger partial charge in [0, 0.05) is 54.3 Å². The fourth-order valence-electron chi connectivity index (χ4n) is 7.28. The summed E-state index contributed by atoms with van der Waals surface area (Å²) in [5.74, 6) is 0.535. The third kappa shape index (κ3) is 5.03. The number of benzene rings is 3. The predicted molar refractivity (Wildman–Crippen MR) is 168 cm³/mol. The molecule has 2 N–H and O–H groups in total. The van der Waals surface area contributed by atoms with Crippen LogP contribution in [0.1, 0.15) is 29.5 Å². The van der Waals surface area contributed by atoms with Crippen molar-refractivity contribution in [3.8, 4) is 34.2 Å². The number of hydrogen-bond acceptors (Lipinski definition) is 7. The van der Waals surface area contributed by atoms with Crippen LogP contribution in [0.4, 0.5) is 10.1 Å². The van der Waals surface area contributed by atoms with Crippen LogP contribution >= 0.6 is 0 Å². The fraction of sp³-hybridized carbons (Fsp3) is 0.412. The number of aryl methyl sites for hydroxylation is 1. The molecule has 43 heavy (non-hydrogen) atoms. The molecule has 3 aliphatic heterocycles. The van der Waals surface area contributed by atoms with Gasteiger partial charge in [-0.05, 0) is 88.4 Å². The molecule has 1 atom stereocenters. The molecule has 0 radical (unpaired) electrons. The van der Waals surface area contributed by atoms with Crippen molar-refractivity contribution in [3.63, 3.8) is 0 Å². The molecule has 0 bridgehead atoms. The summed E-state index contributed by atoms with van der Waals surface area (Å²) in [6.07, 6.45) is 2.49. The number of piperidine rings is 1. The second-order valence-corrected chi connectivity index (χ2v) is 12.3. The van der Waals surface area contributed by atoms with E-state index in [1.807, 2.05) is 26.1 Å². The lowest BCUT2D eigenvalue weighted by Gasteiger charge is -2.48. The Bertz CT molecular complexity index is 1690. The molecule has 0 aliphatic carbocycles. The highest BCUT2D eigenvalue weighted by Gasteiger charge is 2.36. The maximum atomic E-state index is 15.5. The molecule has 2 fully saturated rings. The summed E-state index contributed by atoms with van der Waals surface area (Å²) in [5.41, 5.74) is 6.64. The number of rotatable bonds is 5. The summed E-state index contributed by atoms with van der Waals surface area (Å²) in [6.45, 7) is 8.59. The van der Waals surface area contributed by atoms with Crippen LogP contribution < -0.4 is 15.0 Å². The molecule has 2 saturated heterocycles. The second kappa shape index (κ2) is 11.3. The van der Waals surface area contributed by atoms with Gasteiger partial charge in [0.25, 0.3) is 0 Å². The van der Waals surface area contributed by atoms with Gasteiger partial charge in [0.1, 0.15) is 23.9 Å². The van der Waals surface area contributed by atoms with E-state index in [1.165, 1.54) is 25.9 Å². The molecule has 4 heterocycles. The lowest BCUT2D eigenvalue weighted by atomic mass is 9.92. The standard InChI is InChI=1S/C34H38FN7O/c1-21-12-22(18-37-2)13-29(35)33(21)27-16-28-30(14-24(27)17-36)38-39-34(28)23-4-5-31-32(15-23)43-20-26-19-41(10-11-42(26)31)25-6-8-40(3)9-7-25/h4-5,12-16,25-26,37H,6-11,18-20H2,1-3H3,(H,38,39). The Hall–Kier alpha value is -3.97. The van der Waals surface area contributed by atoms with Crippen molar-refractivity contribution in [2.75, 3.05) is 58.3 Å². The van der Waals surface area contributed by atoms with Crippen molar-refractivity contribution < 1.29 is 9.13 Å². The number of piperazine rings is 1. The summed E-state index contributed by atoms with van der Waals surface area (Å²) < 4.78 is 21.8. The zero-order valence-corrected chi connectivity index (χ0v) is 25.1. The minimum absolute atomic E-state index is 0.334. The molecule has 222 valence electrons. The average molecular weight is 580 g/mol. The van der Waals surface area contributed by atoms with Crippen LogP contribution in [-0.4, -0.2) is 85.5 Å². The number of nitriles is 1. The Morgan fingerprint density at radius 3 is 2.70 bits per heavy atom. The highest BCUT2D eigenvalue weighted by molar-refractivity contribution is 5.98. The minimum atomic E-state index is -0.334. The highest BCUT2D eigenvalue weighted by atomic mass is 19.1. The number of aromatic amines is 1. The van der Waals surface area contributed by atoms with E-state index in [-0.39, 0.29) is 5.82 Å². The zero-order chi connectivity index (χ0) is 29.7. The van der Waals surface area contributed by atoms with Crippen LogP contribution in [0.2, 0.25) is 0 Å². The van der Waals surface area contributed by atoms with Gasteiger partial charge in [-0.2, -0.15) is 10.4 Å². The molecule has 3 aliphatic rings. The lowest BCUT2D eigenvalue weighted by Crippen LogP contribution is -2.60. The number of likely N-dealkylation sites (tertiary alicyclic amines) is 1. The Kier molecular flexibility index (Phi) is 7.29. The smallest absolute Gasteiger partial charge is 0.143 e. The van der Waals surface area contributed by atoms with Gasteiger partial charge >= 0.3 is 0 Å². The number of aromatic nitrogens is 2. The van der Waals surface area contributed by atoms with Gasteiger partial charge < -0.3 is 19.9 Å². The summed E-state index contributed by atoms with van der Waals surface area (Å²) in [5, 5.41) is 21.6. The van der Waals surface area contributed by atoms with E-state index in [0.717, 1.165) is 64.4 Å². The third-order valence-electron chi connectivity index (χ3n) is 9.51. The largest absolute Gasteiger partial charge is 0.489 e. The van der Waals surface area contributed by atoms with E-state index in [2.05, 4.69) is 61.5 Å². The topological polar surface area (TPSA) is 83.5 Å². The van der Waals surface area contributed by atoms with Crippen molar-refractivity contribution in [1.82, 2.24) is 25.3 Å². The summed E-state index contributed by atoms with van der Waals surface area (Å²) in [4.78, 5) is 7.62. The number of ether oxygens (including phenoxy) is 1. The maximum Gasteiger partial charge on any atom is 0.143 e. The first-order valence-electron chi connectivity index (χ1n) is 15.3. The van der Waals surface area contributed by atoms with Gasteiger partial charge in [0.05, 0.1) is 28.9 Å². The molecular weight excluding hydrogens is 541 g/mol. The number of anilines is 1. The van der Waals surface area contributed by atoms with Crippen LogP contribution in [0.3, 0.4) is 0 Å². The van der Waals surface area contributed by atoms with Crippen molar-refractivity contribution in [1.29, 1.82) is 5.26 Å². The van der Waals surface area contributed by atoms with Crippen LogP contribution in [0, 0.1) is 24.1 Å². The number of nitrogens with zero attached hydrogens (tertiary/aromatic N) is 5. The monoisotopic (exact) mass is 579 g/mol. The molecule has 9 heteroatoms. The maximum absolute atomic E-state index is 15.5. The molecule has 0 spiro atoms. The Labute approximate surface area is 252 Å². The molecule has 0 saturated carbocycles. The van der Waals surface area contributed by atoms with Gasteiger partial charge in [-0.25, -0.2) is 4.39 Å². The lowest BCUT2D eigenvalue weighted by molar-refractivity contribution is 0.0868. The first-order chi connectivity index (χ1) is 20.9. The number of H-pyrrole nitrogens is 1. The first kappa shape index (κ1) is 27.8. The summed E-state index contributed by atoms with van der Waals surface area (Å²) in [6, 6.07) is 16.8. The Balaban J connectivity index is 1.19. The van der Waals surface area contributed by atoms with Gasteiger partial charge in [-0.15, -0.1) is 0 Å². The number of nitrogens with one attached hydrogen (secondary N) is 2. The van der Waals surface area contributed by atoms with Crippen molar-refractivity contribution in [2.45, 2.75) is 38.4 Å². The summed E-state index contributed by atoms with van der Waals surface area (Å²) >= 11 is 0. The molecule has 1 aromatic heterocycles. The van der Waals surface area contributed by atoms with Crippen LogP contribution in [0.25, 0.3) is 33.3 Å². The third-order valence-corrected chi connectivity index (χ3v) is 9.51. The molecule has 4 aromatic rings. The predicted octanol–water partition coefficient (Wildman–Crippen LogP) is 4.91. The SMILES string of the molecule is CNCc1cc(C)c(-c2cc3c(-c4ccc5c(c4)OCC4CN(C6CCN(C)CC6)CCN54)n[nH]c3cc2C#N)c(F)c1. The van der Waals surface area contributed by atoms with E-state index < -0.39 is 0 Å². The quantitative estimate of drug-likeness (QED) is 0.348. The normalized spacial score (nSPS) is 19.6. The van der Waals surface area contributed by atoms with Crippen molar-refractivity contribution in [3.05, 3.63) is 65.0 Å². The fourth-order valence-corrected chi connectivity index (χ4v) is 7.28. The van der Waals surface area contributed by atoms with Gasteiger partial charge in [-0.3, -0.25) is 10.00 Å². The van der Waals surface area contributed by atoms with Gasteiger partial charge in [0.2, 0.25) is 0 Å². The van der Waals surface area contributed by atoms with E-state index in [1.54, 1.807) is 12.1 Å². The number of hydrogen-bond donors (Lipinski definition) is 2.